The second-order valence-electron chi connectivity index (χ2n) is 12.9. The molecule has 5 N–H and O–H groups in total. The highest BCUT2D eigenvalue weighted by atomic mass is 16.6. The average molecular weight is 655 g/mol. The third-order valence-electron chi connectivity index (χ3n) is 9.00. The molecule has 0 aliphatic carbocycles. The van der Waals surface area contributed by atoms with Crippen LogP contribution in [-0.2, 0) is 33.4 Å². The maximum absolute atomic E-state index is 12.9. The van der Waals surface area contributed by atoms with Crippen LogP contribution in [-0.4, -0.2) is 85.7 Å². The molecule has 9 atom stereocenters. The van der Waals surface area contributed by atoms with Gasteiger partial charge in [0.1, 0.15) is 11.9 Å². The van der Waals surface area contributed by atoms with Gasteiger partial charge in [-0.25, -0.2) is 9.59 Å². The highest BCUT2D eigenvalue weighted by Crippen LogP contribution is 2.26. The molecule has 1 aliphatic rings. The van der Waals surface area contributed by atoms with E-state index in [0.717, 1.165) is 24.8 Å². The molecule has 1 unspecified atom stereocenters. The lowest BCUT2D eigenvalue weighted by Crippen LogP contribution is -2.36. The third kappa shape index (κ3) is 13.4. The molecular weight excluding hydrogens is 600 g/mol. The summed E-state index contributed by atoms with van der Waals surface area (Å²) in [4.78, 5) is 59.3. The predicted molar refractivity (Wildman–Crippen MR) is 168 cm³/mol. The van der Waals surface area contributed by atoms with E-state index in [1.807, 2.05) is 13.0 Å². The first-order valence-corrected chi connectivity index (χ1v) is 16.2. The number of carbonyl (C=O) groups excluding carboxylic acids is 4. The Morgan fingerprint density at radius 1 is 0.848 bits per heavy atom. The number of carboxylic acid groups (broad SMARTS) is 1. The van der Waals surface area contributed by atoms with Crippen LogP contribution >= 0.6 is 0 Å². The number of carboxylic acids is 1. The number of aliphatic hydroxyl groups is 4. The van der Waals surface area contributed by atoms with Gasteiger partial charge in [0.25, 0.3) is 0 Å². The Bertz CT molecular complexity index is 1130. The second kappa shape index (κ2) is 19.7. The van der Waals surface area contributed by atoms with Crippen LogP contribution in [0, 0.1) is 23.7 Å². The molecule has 46 heavy (non-hydrogen) atoms. The maximum atomic E-state index is 12.9. The van der Waals surface area contributed by atoms with E-state index in [1.165, 1.54) is 13.8 Å². The number of ether oxygens (including phenoxy) is 2. The van der Waals surface area contributed by atoms with E-state index in [9.17, 15) is 44.4 Å². The molecule has 1 heterocycles. The van der Waals surface area contributed by atoms with Gasteiger partial charge in [-0.1, -0.05) is 40.7 Å². The van der Waals surface area contributed by atoms with Gasteiger partial charge in [-0.3, -0.25) is 14.4 Å². The Balaban J connectivity index is 2.48. The maximum Gasteiger partial charge on any atom is 0.345 e. The summed E-state index contributed by atoms with van der Waals surface area (Å²) in [6.45, 7) is 12.2. The number of cyclic esters (lactones) is 2. The molecule has 0 fully saturated rings. The van der Waals surface area contributed by atoms with Gasteiger partial charge in [-0.2, -0.15) is 0 Å². The van der Waals surface area contributed by atoms with Crippen molar-refractivity contribution in [2.75, 3.05) is 0 Å². The molecule has 0 saturated heterocycles. The lowest BCUT2D eigenvalue weighted by molar-refractivity contribution is -0.154. The lowest BCUT2D eigenvalue weighted by Gasteiger charge is -2.27. The van der Waals surface area contributed by atoms with Crippen molar-refractivity contribution in [1.29, 1.82) is 0 Å². The fourth-order valence-corrected chi connectivity index (χ4v) is 5.59. The molecular formula is C34H54O12. The van der Waals surface area contributed by atoms with Crippen molar-refractivity contribution in [3.05, 3.63) is 22.8 Å². The molecule has 0 radical (unpaired) electrons. The average Bonchev–Trinajstić information content (AvgIpc) is 3.22. The van der Waals surface area contributed by atoms with Crippen LogP contribution in [0.15, 0.2) is 22.8 Å². The largest absolute Gasteiger partial charge is 0.481 e. The minimum atomic E-state index is -1.59. The van der Waals surface area contributed by atoms with Gasteiger partial charge in [0.2, 0.25) is 0 Å². The molecule has 0 aromatic heterocycles. The van der Waals surface area contributed by atoms with Gasteiger partial charge in [-0.05, 0) is 69.8 Å². The SMILES string of the molecule is CC/C(=C\CC[C@H](C)C[C@@H](C)CC[C@H](O)[C@H](C)C(=O)C[C@@H](O)[C@H](C)[C@@H](C)OC(=O)C[C@@H](O)C1=C(C)C(=O)OC1=O)C(O)CC(=O)O. The fourth-order valence-electron chi connectivity index (χ4n) is 5.59. The van der Waals surface area contributed by atoms with E-state index < -0.39 is 72.7 Å². The Hall–Kier alpha value is -2.93. The first-order chi connectivity index (χ1) is 21.4. The van der Waals surface area contributed by atoms with E-state index >= 15 is 0 Å². The van der Waals surface area contributed by atoms with Gasteiger partial charge >= 0.3 is 23.9 Å². The zero-order chi connectivity index (χ0) is 35.3. The summed E-state index contributed by atoms with van der Waals surface area (Å²) < 4.78 is 9.72. The smallest absolute Gasteiger partial charge is 0.345 e. The molecule has 0 aromatic rings. The topological polar surface area (TPSA) is 205 Å². The Morgan fingerprint density at radius 3 is 2.00 bits per heavy atom. The van der Waals surface area contributed by atoms with Crippen molar-refractivity contribution in [3.63, 3.8) is 0 Å². The number of Topliss-reactive ketones (excluding diaryl/α,β-unsaturated/α-hetero) is 1. The molecule has 1 rings (SSSR count). The van der Waals surface area contributed by atoms with Crippen LogP contribution < -0.4 is 0 Å². The Morgan fingerprint density at radius 2 is 1.46 bits per heavy atom. The summed E-state index contributed by atoms with van der Waals surface area (Å²) in [5.41, 5.74) is 0.358. The van der Waals surface area contributed by atoms with Crippen molar-refractivity contribution in [1.82, 2.24) is 0 Å². The predicted octanol–water partition coefficient (Wildman–Crippen LogP) is 3.42. The van der Waals surface area contributed by atoms with Crippen LogP contribution in [0.5, 0.6) is 0 Å². The van der Waals surface area contributed by atoms with E-state index in [2.05, 4.69) is 18.6 Å². The Kier molecular flexibility index (Phi) is 17.6. The number of carbonyl (C=O) groups is 5. The zero-order valence-corrected chi connectivity index (χ0v) is 28.2. The number of aliphatic hydroxyl groups excluding tert-OH is 4. The summed E-state index contributed by atoms with van der Waals surface area (Å²) in [7, 11) is 0. The van der Waals surface area contributed by atoms with Gasteiger partial charge in [0.05, 0.1) is 42.8 Å². The van der Waals surface area contributed by atoms with E-state index in [0.29, 0.717) is 31.1 Å². The first kappa shape index (κ1) is 41.1. The zero-order valence-electron chi connectivity index (χ0n) is 28.2. The third-order valence-corrected chi connectivity index (χ3v) is 9.00. The minimum Gasteiger partial charge on any atom is -0.481 e. The second-order valence-corrected chi connectivity index (χ2v) is 12.9. The van der Waals surface area contributed by atoms with Crippen molar-refractivity contribution < 1.29 is 59.0 Å². The number of allylic oxidation sites excluding steroid dienone is 1. The van der Waals surface area contributed by atoms with Crippen LogP contribution in [0.25, 0.3) is 0 Å². The van der Waals surface area contributed by atoms with Gasteiger partial charge in [0.15, 0.2) is 0 Å². The first-order valence-electron chi connectivity index (χ1n) is 16.2. The molecule has 12 nitrogen and oxygen atoms in total. The molecule has 0 bridgehead atoms. The molecule has 0 saturated carbocycles. The highest BCUT2D eigenvalue weighted by Gasteiger charge is 2.36. The van der Waals surface area contributed by atoms with Crippen molar-refractivity contribution in [2.45, 2.75) is 137 Å². The van der Waals surface area contributed by atoms with Crippen molar-refractivity contribution >= 4 is 29.7 Å². The van der Waals surface area contributed by atoms with Gasteiger partial charge in [0, 0.05) is 23.8 Å². The normalized spacial score (nSPS) is 19.8. The van der Waals surface area contributed by atoms with Crippen LogP contribution in [0.4, 0.5) is 0 Å². The van der Waals surface area contributed by atoms with Crippen molar-refractivity contribution in [2.24, 2.45) is 23.7 Å². The summed E-state index contributed by atoms with van der Waals surface area (Å²) in [6.07, 6.45) is -0.433. The van der Waals surface area contributed by atoms with E-state index in [1.54, 1.807) is 13.8 Å². The Labute approximate surface area is 271 Å². The summed E-state index contributed by atoms with van der Waals surface area (Å²) in [6, 6.07) is 0. The molecule has 0 amide bonds. The van der Waals surface area contributed by atoms with Crippen LogP contribution in [0.1, 0.15) is 106 Å². The molecule has 1 aliphatic heterocycles. The quantitative estimate of drug-likeness (QED) is 0.0647. The monoisotopic (exact) mass is 654 g/mol. The number of esters is 3. The summed E-state index contributed by atoms with van der Waals surface area (Å²) in [5.74, 6) is -4.81. The standard InChI is InChI=1S/C34H54O12/c1-8-24(28(38)16-30(40)41)11-9-10-18(2)14-19(3)12-13-25(35)21(5)27(37)15-26(36)20(4)23(7)45-31(42)17-29(39)32-22(6)33(43)46-34(32)44/h11,18-21,23,25-26,28-29,35-36,38-39H,8-10,12-17H2,1-7H3,(H,40,41)/b24-11+/t18-,19-,20+,21-,23+,25-,26+,28?,29+/m0/s1. The molecule has 262 valence electrons. The molecule has 0 spiro atoms. The number of hydrogen-bond acceptors (Lipinski definition) is 11. The van der Waals surface area contributed by atoms with Gasteiger partial charge in [-0.15, -0.1) is 0 Å². The minimum absolute atomic E-state index is 0.0791. The number of rotatable bonds is 22. The van der Waals surface area contributed by atoms with Crippen LogP contribution in [0.3, 0.4) is 0 Å². The fraction of sp³-hybridized carbons (Fsp3) is 0.735. The summed E-state index contributed by atoms with van der Waals surface area (Å²) >= 11 is 0. The highest BCUT2D eigenvalue weighted by molar-refractivity contribution is 6.12. The molecule has 0 aromatic carbocycles. The number of ketones is 1. The molecule has 12 heteroatoms. The lowest BCUT2D eigenvalue weighted by atomic mass is 9.85. The van der Waals surface area contributed by atoms with Gasteiger partial charge < -0.3 is 35.0 Å². The number of hydrogen-bond donors (Lipinski definition) is 5. The summed E-state index contributed by atoms with van der Waals surface area (Å²) in [5, 5.41) is 50.5. The van der Waals surface area contributed by atoms with E-state index in [4.69, 9.17) is 9.84 Å². The van der Waals surface area contributed by atoms with Crippen molar-refractivity contribution in [3.8, 4) is 0 Å². The number of aliphatic carboxylic acids is 1. The van der Waals surface area contributed by atoms with Crippen LogP contribution in [0.2, 0.25) is 0 Å². The van der Waals surface area contributed by atoms with E-state index in [-0.39, 0.29) is 29.8 Å².